The summed E-state index contributed by atoms with van der Waals surface area (Å²) < 4.78 is 40.4. The average Bonchev–Trinajstić information content (AvgIpc) is 3.04. The van der Waals surface area contributed by atoms with Crippen LogP contribution in [0.3, 0.4) is 0 Å². The van der Waals surface area contributed by atoms with Crippen molar-refractivity contribution < 1.29 is 13.2 Å². The highest BCUT2D eigenvalue weighted by Gasteiger charge is 2.28. The van der Waals surface area contributed by atoms with Crippen LogP contribution in [0.15, 0.2) is 12.3 Å². The first-order valence-electron chi connectivity index (χ1n) is 7.38. The van der Waals surface area contributed by atoms with E-state index in [-0.39, 0.29) is 5.52 Å². The average molecular weight is 296 g/mol. The predicted octanol–water partition coefficient (Wildman–Crippen LogP) is 4.00. The molecule has 1 fully saturated rings. The second-order valence-electron chi connectivity index (χ2n) is 6.05. The molecule has 0 spiro atoms. The van der Waals surface area contributed by atoms with Crippen molar-refractivity contribution in [3.63, 3.8) is 0 Å². The van der Waals surface area contributed by atoms with Gasteiger partial charge in [0.15, 0.2) is 17.5 Å². The van der Waals surface area contributed by atoms with Crippen LogP contribution in [0.1, 0.15) is 32.3 Å². The molecule has 0 saturated carbocycles. The van der Waals surface area contributed by atoms with E-state index >= 15 is 0 Å². The van der Waals surface area contributed by atoms with Gasteiger partial charge in [-0.2, -0.15) is 0 Å². The lowest BCUT2D eigenvalue weighted by atomic mass is 10.0. The van der Waals surface area contributed by atoms with Gasteiger partial charge in [-0.1, -0.05) is 0 Å². The van der Waals surface area contributed by atoms with Crippen molar-refractivity contribution in [1.82, 2.24) is 9.88 Å². The lowest BCUT2D eigenvalue weighted by Gasteiger charge is -2.28. The standard InChI is InChI=1S/C16H19F3N2/c1-9(2)21-5-3-4-11(21)6-10-8-20-16-12(10)7-13(17)14(18)15(16)19/h7-9,11,20H,3-6H2,1-2H3. The minimum atomic E-state index is -1.42. The number of H-pyrrole nitrogens is 1. The number of aromatic nitrogens is 1. The zero-order chi connectivity index (χ0) is 15.1. The normalized spacial score (nSPS) is 20.0. The van der Waals surface area contributed by atoms with Gasteiger partial charge in [-0.15, -0.1) is 0 Å². The summed E-state index contributed by atoms with van der Waals surface area (Å²) in [6.07, 6.45) is 4.62. The van der Waals surface area contributed by atoms with Crippen LogP contribution >= 0.6 is 0 Å². The van der Waals surface area contributed by atoms with Crippen molar-refractivity contribution in [3.8, 4) is 0 Å². The van der Waals surface area contributed by atoms with E-state index in [1.807, 2.05) is 0 Å². The fraction of sp³-hybridized carbons (Fsp3) is 0.500. The van der Waals surface area contributed by atoms with E-state index in [9.17, 15) is 13.2 Å². The molecule has 5 heteroatoms. The molecule has 2 nitrogen and oxygen atoms in total. The quantitative estimate of drug-likeness (QED) is 0.848. The Balaban J connectivity index is 1.95. The molecule has 1 aliphatic rings. The second kappa shape index (κ2) is 5.37. The van der Waals surface area contributed by atoms with Crippen LogP contribution in [0.5, 0.6) is 0 Å². The monoisotopic (exact) mass is 296 g/mol. The summed E-state index contributed by atoms with van der Waals surface area (Å²) in [7, 11) is 0. The lowest BCUT2D eigenvalue weighted by molar-refractivity contribution is 0.203. The minimum Gasteiger partial charge on any atom is -0.358 e. The van der Waals surface area contributed by atoms with Gasteiger partial charge in [0.25, 0.3) is 0 Å². The Morgan fingerprint density at radius 3 is 2.76 bits per heavy atom. The number of nitrogens with one attached hydrogen (secondary N) is 1. The van der Waals surface area contributed by atoms with E-state index in [1.54, 1.807) is 6.20 Å². The first-order chi connectivity index (χ1) is 9.99. The minimum absolute atomic E-state index is 0.0537. The number of fused-ring (bicyclic) bond motifs is 1. The first-order valence-corrected chi connectivity index (χ1v) is 7.38. The van der Waals surface area contributed by atoms with Gasteiger partial charge in [0.05, 0.1) is 5.52 Å². The molecular formula is C16H19F3N2. The Morgan fingerprint density at radius 1 is 1.29 bits per heavy atom. The van der Waals surface area contributed by atoms with Gasteiger partial charge in [0, 0.05) is 23.7 Å². The molecular weight excluding hydrogens is 277 g/mol. The van der Waals surface area contributed by atoms with Crippen molar-refractivity contribution in [3.05, 3.63) is 35.3 Å². The number of rotatable bonds is 3. The number of nitrogens with zero attached hydrogens (tertiary/aromatic N) is 1. The van der Waals surface area contributed by atoms with Crippen LogP contribution in [0.4, 0.5) is 13.2 Å². The lowest BCUT2D eigenvalue weighted by Crippen LogP contribution is -2.36. The summed E-state index contributed by atoms with van der Waals surface area (Å²) >= 11 is 0. The van der Waals surface area contributed by atoms with E-state index in [2.05, 4.69) is 23.7 Å². The van der Waals surface area contributed by atoms with Crippen LogP contribution in [-0.4, -0.2) is 28.5 Å². The molecule has 3 rings (SSSR count). The van der Waals surface area contributed by atoms with Crippen LogP contribution < -0.4 is 0 Å². The van der Waals surface area contributed by atoms with E-state index < -0.39 is 17.5 Å². The molecule has 1 atom stereocenters. The van der Waals surface area contributed by atoms with E-state index in [0.29, 0.717) is 17.5 Å². The molecule has 1 saturated heterocycles. The topological polar surface area (TPSA) is 19.0 Å². The van der Waals surface area contributed by atoms with Crippen LogP contribution in [-0.2, 0) is 6.42 Å². The van der Waals surface area contributed by atoms with Crippen molar-refractivity contribution in [2.24, 2.45) is 0 Å². The summed E-state index contributed by atoms with van der Waals surface area (Å²) in [5.41, 5.74) is 0.901. The third kappa shape index (κ3) is 2.44. The number of benzene rings is 1. The molecule has 114 valence electrons. The maximum Gasteiger partial charge on any atom is 0.196 e. The van der Waals surface area contributed by atoms with Gasteiger partial charge in [0.1, 0.15) is 0 Å². The number of hydrogen-bond acceptors (Lipinski definition) is 1. The fourth-order valence-electron chi connectivity index (χ4n) is 3.41. The summed E-state index contributed by atoms with van der Waals surface area (Å²) in [5, 5.41) is 0.446. The van der Waals surface area contributed by atoms with E-state index in [1.165, 1.54) is 0 Å². The van der Waals surface area contributed by atoms with Gasteiger partial charge in [-0.05, 0) is 51.3 Å². The highest BCUT2D eigenvalue weighted by Crippen LogP contribution is 2.29. The first kappa shape index (κ1) is 14.4. The van der Waals surface area contributed by atoms with Gasteiger partial charge in [-0.25, -0.2) is 13.2 Å². The molecule has 1 N–H and O–H groups in total. The van der Waals surface area contributed by atoms with Crippen LogP contribution in [0, 0.1) is 17.5 Å². The molecule has 2 heterocycles. The number of hydrogen-bond donors (Lipinski definition) is 1. The largest absolute Gasteiger partial charge is 0.358 e. The maximum atomic E-state index is 13.7. The zero-order valence-electron chi connectivity index (χ0n) is 12.2. The molecule has 1 aromatic heterocycles. The SMILES string of the molecule is CC(C)N1CCCC1Cc1c[nH]c2c(F)c(F)c(F)cc12. The maximum absolute atomic E-state index is 13.7. The van der Waals surface area contributed by atoms with Gasteiger partial charge in [0.2, 0.25) is 0 Å². The van der Waals surface area contributed by atoms with Crippen LogP contribution in [0.25, 0.3) is 10.9 Å². The smallest absolute Gasteiger partial charge is 0.196 e. The van der Waals surface area contributed by atoms with Gasteiger partial charge in [-0.3, -0.25) is 4.90 Å². The number of likely N-dealkylation sites (tertiary alicyclic amines) is 1. The van der Waals surface area contributed by atoms with Crippen molar-refractivity contribution in [2.45, 2.75) is 45.2 Å². The molecule has 0 bridgehead atoms. The van der Waals surface area contributed by atoms with Gasteiger partial charge >= 0.3 is 0 Å². The summed E-state index contributed by atoms with van der Waals surface area (Å²) in [4.78, 5) is 5.15. The van der Waals surface area contributed by atoms with E-state index in [4.69, 9.17) is 0 Å². The molecule has 1 aliphatic heterocycles. The fourth-order valence-corrected chi connectivity index (χ4v) is 3.41. The van der Waals surface area contributed by atoms with Crippen molar-refractivity contribution in [1.29, 1.82) is 0 Å². The molecule has 1 unspecified atom stereocenters. The summed E-state index contributed by atoms with van der Waals surface area (Å²) in [5.74, 6) is -3.68. The third-order valence-corrected chi connectivity index (χ3v) is 4.44. The highest BCUT2D eigenvalue weighted by molar-refractivity contribution is 5.84. The molecule has 0 amide bonds. The predicted molar refractivity (Wildman–Crippen MR) is 76.7 cm³/mol. The molecule has 0 radical (unpaired) electrons. The number of aromatic amines is 1. The summed E-state index contributed by atoms with van der Waals surface area (Å²) in [6.45, 7) is 5.37. The Bertz CT molecular complexity index is 663. The highest BCUT2D eigenvalue weighted by atomic mass is 19.2. The zero-order valence-corrected chi connectivity index (χ0v) is 12.2. The molecule has 2 aromatic rings. The second-order valence-corrected chi connectivity index (χ2v) is 6.05. The Kier molecular flexibility index (Phi) is 3.69. The van der Waals surface area contributed by atoms with Crippen LogP contribution in [0.2, 0.25) is 0 Å². The molecule has 21 heavy (non-hydrogen) atoms. The Hall–Kier alpha value is -1.49. The number of halogens is 3. The van der Waals surface area contributed by atoms with Crippen molar-refractivity contribution in [2.75, 3.05) is 6.54 Å². The third-order valence-electron chi connectivity index (χ3n) is 4.44. The molecule has 0 aliphatic carbocycles. The Labute approximate surface area is 121 Å². The Morgan fingerprint density at radius 2 is 2.05 bits per heavy atom. The molecule has 1 aromatic carbocycles. The van der Waals surface area contributed by atoms with E-state index in [0.717, 1.165) is 37.4 Å². The summed E-state index contributed by atoms with van der Waals surface area (Å²) in [6, 6.07) is 1.92. The van der Waals surface area contributed by atoms with Gasteiger partial charge < -0.3 is 4.98 Å². The van der Waals surface area contributed by atoms with Crippen molar-refractivity contribution >= 4 is 10.9 Å².